The van der Waals surface area contributed by atoms with Crippen LogP contribution in [0.2, 0.25) is 0 Å². The van der Waals surface area contributed by atoms with Gasteiger partial charge in [-0.15, -0.1) is 0 Å². The molecule has 1 rings (SSSR count). The quantitative estimate of drug-likeness (QED) is 0.495. The largest absolute Gasteiger partial charge is 0.227 e. The van der Waals surface area contributed by atoms with E-state index in [1.165, 1.54) is 6.20 Å². The number of rotatable bonds is 0. The summed E-state index contributed by atoms with van der Waals surface area (Å²) in [5.41, 5.74) is 0.930. The summed E-state index contributed by atoms with van der Waals surface area (Å²) in [7, 11) is 0. The molecule has 1 aliphatic rings. The van der Waals surface area contributed by atoms with Crippen molar-refractivity contribution in [3.05, 3.63) is 27.8 Å². The molecule has 0 spiro atoms. The van der Waals surface area contributed by atoms with Crippen LogP contribution in [0.1, 0.15) is 13.8 Å². The number of hydrogen-bond acceptors (Lipinski definition) is 1. The molecule has 10 heavy (non-hydrogen) atoms. The Hall–Kier alpha value is -0.630. The Bertz CT molecular complexity index is 230. The van der Waals surface area contributed by atoms with Gasteiger partial charge in [0, 0.05) is 28.2 Å². The lowest BCUT2D eigenvalue weighted by molar-refractivity contribution is -0.508. The number of nitroso groups, excluding NO2 is 1. The van der Waals surface area contributed by atoms with Gasteiger partial charge in [-0.25, -0.2) is 0 Å². The Balaban J connectivity index is 2.99. The minimum absolute atomic E-state index is 0.113. The number of hydrogen-bond donors (Lipinski definition) is 0. The van der Waals surface area contributed by atoms with E-state index < -0.39 is 0 Å². The summed E-state index contributed by atoms with van der Waals surface area (Å²) in [6.07, 6.45) is 3.06. The zero-order valence-corrected chi connectivity index (χ0v) is 6.72. The van der Waals surface area contributed by atoms with E-state index in [0.29, 0.717) is 5.03 Å². The molecule has 1 aliphatic heterocycles. The zero-order chi connectivity index (χ0) is 7.72. The fourth-order valence-corrected chi connectivity index (χ4v) is 1.00. The fourth-order valence-electron chi connectivity index (χ4n) is 0.790. The van der Waals surface area contributed by atoms with Gasteiger partial charge in [-0.2, -0.15) is 0 Å². The maximum atomic E-state index is 10.9. The summed E-state index contributed by atoms with van der Waals surface area (Å²) < 4.78 is 0.890. The summed E-state index contributed by atoms with van der Waals surface area (Å²) in [5.74, 6) is 0. The third kappa shape index (κ3) is 1.12. The Kier molecular flexibility index (Phi) is 1.90. The van der Waals surface area contributed by atoms with Crippen molar-refractivity contribution >= 4 is 11.6 Å². The molecule has 0 aliphatic carbocycles. The summed E-state index contributed by atoms with van der Waals surface area (Å²) in [6.45, 7) is 3.69. The minimum Gasteiger partial charge on any atom is -0.0839 e. The molecule has 0 aromatic rings. The molecule has 0 amide bonds. The lowest BCUT2D eigenvalue weighted by Crippen LogP contribution is -2.20. The lowest BCUT2D eigenvalue weighted by Gasteiger charge is -2.06. The average molecular weight is 159 g/mol. The van der Waals surface area contributed by atoms with Gasteiger partial charge >= 0.3 is 0 Å². The van der Waals surface area contributed by atoms with Gasteiger partial charge in [0.25, 0.3) is 0 Å². The van der Waals surface area contributed by atoms with E-state index in [0.717, 1.165) is 10.3 Å². The number of halogens is 1. The van der Waals surface area contributed by atoms with Crippen LogP contribution < -0.4 is 0 Å². The van der Waals surface area contributed by atoms with Crippen LogP contribution in [0.3, 0.4) is 0 Å². The first-order chi connectivity index (χ1) is 4.63. The molecule has 0 aromatic heterocycles. The highest BCUT2D eigenvalue weighted by Crippen LogP contribution is 2.20. The molecule has 0 aromatic carbocycles. The van der Waals surface area contributed by atoms with Gasteiger partial charge in [-0.3, -0.25) is 0 Å². The molecule has 2 nitrogen and oxygen atoms in total. The number of nitrogens with zero attached hydrogens (tertiary/aromatic N) is 1. The van der Waals surface area contributed by atoms with Crippen molar-refractivity contribution in [3.63, 3.8) is 0 Å². The first-order valence-corrected chi connectivity index (χ1v) is 3.50. The highest BCUT2D eigenvalue weighted by molar-refractivity contribution is 6.31. The molecule has 1 atom stereocenters. The first-order valence-electron chi connectivity index (χ1n) is 3.13. The van der Waals surface area contributed by atoms with Crippen molar-refractivity contribution in [2.24, 2.45) is 0 Å². The maximum absolute atomic E-state index is 10.9. The van der Waals surface area contributed by atoms with E-state index in [1.54, 1.807) is 6.08 Å². The lowest BCUT2D eigenvalue weighted by atomic mass is 10.1. The Morgan fingerprint density at radius 3 is 2.80 bits per heavy atom. The van der Waals surface area contributed by atoms with Crippen molar-refractivity contribution < 1.29 is 4.76 Å². The van der Waals surface area contributed by atoms with Crippen LogP contribution in [-0.4, -0.2) is 10.8 Å². The summed E-state index contributed by atoms with van der Waals surface area (Å²) in [5, 5.41) is 0.680. The van der Waals surface area contributed by atoms with E-state index in [9.17, 15) is 4.91 Å². The highest BCUT2D eigenvalue weighted by atomic mass is 35.5. The monoisotopic (exact) mass is 158 g/mol. The van der Waals surface area contributed by atoms with Gasteiger partial charge in [0.1, 0.15) is 0 Å². The smallest absolute Gasteiger partial charge is 0.0839 e. The molecule has 1 heterocycles. The van der Waals surface area contributed by atoms with Crippen molar-refractivity contribution in [1.82, 2.24) is 0 Å². The first kappa shape index (κ1) is 7.48. The Labute approximate surface area is 64.8 Å². The Morgan fingerprint density at radius 2 is 2.30 bits per heavy atom. The second kappa shape index (κ2) is 2.54. The van der Waals surface area contributed by atoms with Crippen LogP contribution in [-0.2, 0) is 0 Å². The summed E-state index contributed by atoms with van der Waals surface area (Å²) in [6, 6.07) is -0.113. The molecule has 0 fully saturated rings. The van der Waals surface area contributed by atoms with Crippen LogP contribution >= 0.6 is 11.6 Å². The van der Waals surface area contributed by atoms with Crippen LogP contribution in [0.15, 0.2) is 22.9 Å². The molecule has 0 saturated heterocycles. The topological polar surface area (TPSA) is 20.1 Å². The van der Waals surface area contributed by atoms with E-state index in [1.807, 2.05) is 13.8 Å². The van der Waals surface area contributed by atoms with Crippen molar-refractivity contribution in [3.8, 4) is 0 Å². The third-order valence-electron chi connectivity index (χ3n) is 1.75. The molecule has 0 bridgehead atoms. The second-order valence-electron chi connectivity index (χ2n) is 2.38. The van der Waals surface area contributed by atoms with Gasteiger partial charge < -0.3 is 0 Å². The SMILES string of the molecule is CC1=C(Cl)C=C[N+](=O)C1C. The molecule has 0 N–H and O–H groups in total. The molecule has 1 unspecified atom stereocenters. The van der Waals surface area contributed by atoms with E-state index in [4.69, 9.17) is 11.6 Å². The predicted molar refractivity (Wildman–Crippen MR) is 40.8 cm³/mol. The number of allylic oxidation sites excluding steroid dienone is 2. The van der Waals surface area contributed by atoms with E-state index in [2.05, 4.69) is 0 Å². The fraction of sp³-hybridized carbons (Fsp3) is 0.429. The van der Waals surface area contributed by atoms with Crippen LogP contribution in [0, 0.1) is 4.91 Å². The van der Waals surface area contributed by atoms with Gasteiger partial charge in [0.2, 0.25) is 12.2 Å². The van der Waals surface area contributed by atoms with Gasteiger partial charge in [-0.05, 0) is 6.92 Å². The van der Waals surface area contributed by atoms with Gasteiger partial charge in [0.15, 0.2) is 0 Å². The molecule has 0 saturated carbocycles. The molecule has 54 valence electrons. The minimum atomic E-state index is -0.113. The molecular weight excluding hydrogens is 150 g/mol. The Morgan fingerprint density at radius 1 is 1.70 bits per heavy atom. The van der Waals surface area contributed by atoms with Crippen LogP contribution in [0.5, 0.6) is 0 Å². The predicted octanol–water partition coefficient (Wildman–Crippen LogP) is 2.19. The van der Waals surface area contributed by atoms with Crippen LogP contribution in [0.4, 0.5) is 0 Å². The van der Waals surface area contributed by atoms with Crippen molar-refractivity contribution in [1.29, 1.82) is 0 Å². The van der Waals surface area contributed by atoms with Gasteiger partial charge in [-0.1, -0.05) is 11.6 Å². The summed E-state index contributed by atoms with van der Waals surface area (Å²) >= 11 is 5.75. The maximum Gasteiger partial charge on any atom is 0.227 e. The van der Waals surface area contributed by atoms with E-state index >= 15 is 0 Å². The average Bonchev–Trinajstić information content (AvgIpc) is 1.93. The van der Waals surface area contributed by atoms with Crippen LogP contribution in [0.25, 0.3) is 0 Å². The van der Waals surface area contributed by atoms with Crippen molar-refractivity contribution in [2.75, 3.05) is 0 Å². The second-order valence-corrected chi connectivity index (χ2v) is 2.79. The van der Waals surface area contributed by atoms with Gasteiger partial charge in [0.05, 0.1) is 5.03 Å². The highest BCUT2D eigenvalue weighted by Gasteiger charge is 2.24. The normalized spacial score (nSPS) is 25.9. The van der Waals surface area contributed by atoms with Crippen molar-refractivity contribution in [2.45, 2.75) is 19.9 Å². The molecular formula is C7H9ClNO+. The third-order valence-corrected chi connectivity index (χ3v) is 2.18. The summed E-state index contributed by atoms with van der Waals surface area (Å²) in [4.78, 5) is 10.9. The zero-order valence-electron chi connectivity index (χ0n) is 5.97. The standard InChI is InChI=1S/C7H9ClNO/c1-5-6(2)9(10)4-3-7(5)8/h3-4,6H,1-2H3/q+1. The van der Waals surface area contributed by atoms with E-state index in [-0.39, 0.29) is 6.04 Å². The molecule has 0 radical (unpaired) electrons. The molecule has 3 heteroatoms.